The molecule has 9 heteroatoms. The lowest BCUT2D eigenvalue weighted by Crippen LogP contribution is -2.66. The molecule has 3 aromatic rings. The largest absolute Gasteiger partial charge is 0.496 e. The van der Waals surface area contributed by atoms with Crippen molar-refractivity contribution in [3.8, 4) is 33.9 Å². The van der Waals surface area contributed by atoms with Gasteiger partial charge < -0.3 is 30.8 Å². The van der Waals surface area contributed by atoms with E-state index in [2.05, 4.69) is 16.2 Å². The summed E-state index contributed by atoms with van der Waals surface area (Å²) in [5.74, 6) is 1.01. The van der Waals surface area contributed by atoms with Crippen LogP contribution in [-0.4, -0.2) is 37.2 Å². The van der Waals surface area contributed by atoms with E-state index in [0.717, 1.165) is 33.6 Å². The first-order valence-electron chi connectivity index (χ1n) is 10.5. The highest BCUT2D eigenvalue weighted by atomic mass is 16.5. The summed E-state index contributed by atoms with van der Waals surface area (Å²) >= 11 is 0. The lowest BCUT2D eigenvalue weighted by molar-refractivity contribution is -0.403. The van der Waals surface area contributed by atoms with Crippen LogP contribution in [0.2, 0.25) is 0 Å². The number of nitrogens with two attached hydrogens (primary N) is 1. The molecule has 0 fully saturated rings. The fourth-order valence-electron chi connectivity index (χ4n) is 3.48. The minimum Gasteiger partial charge on any atom is -0.496 e. The average Bonchev–Trinajstić information content (AvgIpc) is 3.29. The summed E-state index contributed by atoms with van der Waals surface area (Å²) in [6.45, 7) is 4.00. The Kier molecular flexibility index (Phi) is 7.34. The van der Waals surface area contributed by atoms with Crippen molar-refractivity contribution in [2.45, 2.75) is 32.7 Å². The van der Waals surface area contributed by atoms with E-state index in [1.54, 1.807) is 25.4 Å². The molecule has 0 saturated heterocycles. The average molecular weight is 454 g/mol. The molecule has 0 bridgehead atoms. The highest BCUT2D eigenvalue weighted by molar-refractivity contribution is 5.96. The standard InChI is InChI=1S/C24H28N4O5/c1-13-9-16(11-21(32-4)14(13)2)23-17(12-27-33-23)15-5-7-20(31-3)19(10-15)28-24(30)18(25)6-8-22(26)29/h5,7,9-12,18H,6,8,25H2,1-4H3,(H2,26,29)(H,28,30)/p+1. The molecule has 0 saturated carbocycles. The van der Waals surface area contributed by atoms with Crippen molar-refractivity contribution < 1.29 is 29.3 Å². The monoisotopic (exact) mass is 453 g/mol. The summed E-state index contributed by atoms with van der Waals surface area (Å²) in [6, 6.07) is 8.68. The molecular weight excluding hydrogens is 424 g/mol. The maximum atomic E-state index is 12.6. The first kappa shape index (κ1) is 23.8. The fourth-order valence-corrected chi connectivity index (χ4v) is 3.48. The van der Waals surface area contributed by atoms with E-state index in [9.17, 15) is 9.59 Å². The predicted octanol–water partition coefficient (Wildman–Crippen LogP) is 2.46. The van der Waals surface area contributed by atoms with Crippen LogP contribution < -0.4 is 26.3 Å². The fraction of sp³-hybridized carbons (Fsp3) is 0.292. The normalized spacial score (nSPS) is 11.7. The van der Waals surface area contributed by atoms with Crippen molar-refractivity contribution in [1.29, 1.82) is 0 Å². The van der Waals surface area contributed by atoms with Crippen LogP contribution in [0.3, 0.4) is 0 Å². The van der Waals surface area contributed by atoms with Crippen molar-refractivity contribution in [2.75, 3.05) is 19.5 Å². The molecule has 1 aromatic heterocycles. The summed E-state index contributed by atoms with van der Waals surface area (Å²) < 4.78 is 16.5. The number of anilines is 1. The van der Waals surface area contributed by atoms with Crippen molar-refractivity contribution in [1.82, 2.24) is 5.16 Å². The number of methoxy groups -OCH3 is 2. The van der Waals surface area contributed by atoms with Gasteiger partial charge in [0.1, 0.15) is 11.5 Å². The molecule has 6 N–H and O–H groups in total. The number of nitrogens with one attached hydrogen (secondary N) is 1. The van der Waals surface area contributed by atoms with E-state index in [1.165, 1.54) is 7.11 Å². The van der Waals surface area contributed by atoms with Crippen LogP contribution in [0.4, 0.5) is 5.69 Å². The van der Waals surface area contributed by atoms with Gasteiger partial charge in [-0.3, -0.25) is 9.59 Å². The van der Waals surface area contributed by atoms with Crippen LogP contribution in [0.5, 0.6) is 11.5 Å². The van der Waals surface area contributed by atoms with Gasteiger partial charge in [0.05, 0.1) is 26.1 Å². The number of hydrogen-bond donors (Lipinski definition) is 3. The van der Waals surface area contributed by atoms with Gasteiger partial charge in [-0.05, 0) is 54.8 Å². The molecule has 1 heterocycles. The number of primary amides is 1. The number of carbonyl (C=O) groups is 2. The van der Waals surface area contributed by atoms with Gasteiger partial charge >= 0.3 is 0 Å². The van der Waals surface area contributed by atoms with Gasteiger partial charge in [0.2, 0.25) is 5.91 Å². The van der Waals surface area contributed by atoms with Crippen molar-refractivity contribution >= 4 is 17.5 Å². The van der Waals surface area contributed by atoms with Crippen LogP contribution in [0, 0.1) is 13.8 Å². The molecular formula is C24H29N4O5+. The van der Waals surface area contributed by atoms with Gasteiger partial charge in [-0.15, -0.1) is 0 Å². The highest BCUT2D eigenvalue weighted by Crippen LogP contribution is 2.38. The third-order valence-corrected chi connectivity index (χ3v) is 5.55. The Bertz CT molecular complexity index is 1170. The van der Waals surface area contributed by atoms with Gasteiger partial charge in [0.25, 0.3) is 5.91 Å². The molecule has 0 radical (unpaired) electrons. The van der Waals surface area contributed by atoms with Crippen LogP contribution in [0.25, 0.3) is 22.5 Å². The Balaban J connectivity index is 1.95. The smallest absolute Gasteiger partial charge is 0.282 e. The second kappa shape index (κ2) is 10.2. The van der Waals surface area contributed by atoms with Gasteiger partial charge in [0, 0.05) is 24.0 Å². The number of quaternary nitrogens is 1. The van der Waals surface area contributed by atoms with Gasteiger partial charge in [-0.2, -0.15) is 0 Å². The molecule has 0 aliphatic heterocycles. The summed E-state index contributed by atoms with van der Waals surface area (Å²) in [6.07, 6.45) is 1.97. The van der Waals surface area contributed by atoms with E-state index in [1.807, 2.05) is 32.0 Å². The summed E-state index contributed by atoms with van der Waals surface area (Å²) in [5.41, 5.74) is 13.9. The quantitative estimate of drug-likeness (QED) is 0.454. The SMILES string of the molecule is COc1ccc(-c2cnoc2-c2cc(C)c(C)c(OC)c2)cc1NC(=O)C([NH3+])CCC(N)=O. The van der Waals surface area contributed by atoms with E-state index in [-0.39, 0.29) is 18.7 Å². The number of benzene rings is 2. The lowest BCUT2D eigenvalue weighted by atomic mass is 9.98. The molecule has 3 rings (SSSR count). The second-order valence-corrected chi connectivity index (χ2v) is 7.80. The van der Waals surface area contributed by atoms with E-state index < -0.39 is 11.9 Å². The third-order valence-electron chi connectivity index (χ3n) is 5.55. The molecule has 0 aliphatic rings. The van der Waals surface area contributed by atoms with Crippen LogP contribution in [0.15, 0.2) is 41.1 Å². The molecule has 33 heavy (non-hydrogen) atoms. The molecule has 1 atom stereocenters. The summed E-state index contributed by atoms with van der Waals surface area (Å²) in [5, 5.41) is 6.83. The first-order valence-corrected chi connectivity index (χ1v) is 10.5. The van der Waals surface area contributed by atoms with Crippen LogP contribution in [0.1, 0.15) is 24.0 Å². The first-order chi connectivity index (χ1) is 15.7. The van der Waals surface area contributed by atoms with Gasteiger partial charge in [-0.25, -0.2) is 0 Å². The van der Waals surface area contributed by atoms with Crippen LogP contribution in [-0.2, 0) is 9.59 Å². The van der Waals surface area contributed by atoms with Crippen molar-refractivity contribution in [3.63, 3.8) is 0 Å². The van der Waals surface area contributed by atoms with Crippen molar-refractivity contribution in [3.05, 3.63) is 47.7 Å². The van der Waals surface area contributed by atoms with E-state index in [4.69, 9.17) is 19.7 Å². The van der Waals surface area contributed by atoms with Crippen LogP contribution >= 0.6 is 0 Å². The summed E-state index contributed by atoms with van der Waals surface area (Å²) in [7, 11) is 3.15. The number of amides is 2. The summed E-state index contributed by atoms with van der Waals surface area (Å²) in [4.78, 5) is 23.6. The molecule has 2 aromatic carbocycles. The lowest BCUT2D eigenvalue weighted by Gasteiger charge is -2.14. The zero-order valence-electron chi connectivity index (χ0n) is 19.2. The number of nitrogens with zero attached hydrogens (tertiary/aromatic N) is 1. The molecule has 9 nitrogen and oxygen atoms in total. The zero-order chi connectivity index (χ0) is 24.1. The van der Waals surface area contributed by atoms with Gasteiger partial charge in [-0.1, -0.05) is 11.2 Å². The number of ether oxygens (including phenoxy) is 2. The minimum absolute atomic E-state index is 0.0856. The third kappa shape index (κ3) is 5.32. The van der Waals surface area contributed by atoms with Gasteiger partial charge in [0.15, 0.2) is 11.8 Å². The molecule has 2 amide bonds. The Morgan fingerprint density at radius 3 is 2.52 bits per heavy atom. The topological polar surface area (TPSA) is 144 Å². The second-order valence-electron chi connectivity index (χ2n) is 7.80. The number of rotatable bonds is 9. The zero-order valence-corrected chi connectivity index (χ0v) is 19.2. The maximum Gasteiger partial charge on any atom is 0.282 e. The maximum absolute atomic E-state index is 12.6. The van der Waals surface area contributed by atoms with Crippen molar-refractivity contribution in [2.24, 2.45) is 5.73 Å². The Morgan fingerprint density at radius 2 is 1.85 bits per heavy atom. The molecule has 1 unspecified atom stereocenters. The molecule has 174 valence electrons. The number of aryl methyl sites for hydroxylation is 1. The number of carbonyl (C=O) groups excluding carboxylic acids is 2. The van der Waals surface area contributed by atoms with E-state index in [0.29, 0.717) is 17.2 Å². The Morgan fingerprint density at radius 1 is 1.12 bits per heavy atom. The van der Waals surface area contributed by atoms with E-state index >= 15 is 0 Å². The number of hydrogen-bond acceptors (Lipinski definition) is 6. The minimum atomic E-state index is -0.639. The predicted molar refractivity (Wildman–Crippen MR) is 124 cm³/mol. The molecule has 0 spiro atoms. The molecule has 0 aliphatic carbocycles. The number of aromatic nitrogens is 1. The Labute approximate surface area is 192 Å². The highest BCUT2D eigenvalue weighted by Gasteiger charge is 2.21. The Hall–Kier alpha value is -3.85.